The van der Waals surface area contributed by atoms with E-state index < -0.39 is 4.92 Å². The van der Waals surface area contributed by atoms with Crippen LogP contribution in [0.5, 0.6) is 0 Å². The van der Waals surface area contributed by atoms with Gasteiger partial charge in [-0.05, 0) is 19.4 Å². The summed E-state index contributed by atoms with van der Waals surface area (Å²) in [5.74, 6) is -0.303. The Labute approximate surface area is 111 Å². The highest BCUT2D eigenvalue weighted by molar-refractivity contribution is 5.95. The van der Waals surface area contributed by atoms with Crippen molar-refractivity contribution < 1.29 is 14.8 Å². The van der Waals surface area contributed by atoms with Crippen LogP contribution < -0.4 is 0 Å². The first kappa shape index (κ1) is 15.1. The van der Waals surface area contributed by atoms with E-state index in [9.17, 15) is 14.9 Å². The number of hydrogen-bond donors (Lipinski definition) is 1. The first-order chi connectivity index (χ1) is 9.04. The van der Waals surface area contributed by atoms with Crippen LogP contribution in [0.2, 0.25) is 0 Å². The molecule has 0 aliphatic carbocycles. The Balaban J connectivity index is 3.10. The van der Waals surface area contributed by atoms with Crippen LogP contribution in [0.3, 0.4) is 0 Å². The highest BCUT2D eigenvalue weighted by atomic mass is 16.6. The molecule has 0 aliphatic heterocycles. The number of hydrogen-bond acceptors (Lipinski definition) is 4. The van der Waals surface area contributed by atoms with Crippen molar-refractivity contribution in [3.63, 3.8) is 0 Å². The number of carbonyl (C=O) groups is 1. The number of aryl methyl sites for hydroxylation is 1. The van der Waals surface area contributed by atoms with E-state index in [1.54, 1.807) is 19.1 Å². The van der Waals surface area contributed by atoms with Gasteiger partial charge in [0, 0.05) is 30.3 Å². The minimum atomic E-state index is -0.474. The summed E-state index contributed by atoms with van der Waals surface area (Å²) in [6.45, 7) is 4.16. The lowest BCUT2D eigenvalue weighted by atomic mass is 10.1. The molecule has 1 rings (SSSR count). The minimum absolute atomic E-state index is 0.0339. The summed E-state index contributed by atoms with van der Waals surface area (Å²) in [4.78, 5) is 24.1. The molecule has 0 unspecified atom stereocenters. The van der Waals surface area contributed by atoms with Gasteiger partial charge in [0.15, 0.2) is 0 Å². The van der Waals surface area contributed by atoms with Crippen molar-refractivity contribution in [2.45, 2.75) is 20.3 Å². The van der Waals surface area contributed by atoms with Gasteiger partial charge in [-0.15, -0.1) is 0 Å². The number of rotatable bonds is 6. The molecule has 1 N–H and O–H groups in total. The molecular weight excluding hydrogens is 248 g/mol. The predicted octanol–water partition coefficient (Wildman–Crippen LogP) is 1.61. The first-order valence-electron chi connectivity index (χ1n) is 6.22. The average Bonchev–Trinajstić information content (AvgIpc) is 2.43. The molecule has 0 radical (unpaired) electrons. The van der Waals surface area contributed by atoms with Gasteiger partial charge in [0.2, 0.25) is 0 Å². The van der Waals surface area contributed by atoms with Gasteiger partial charge in [-0.3, -0.25) is 14.9 Å². The van der Waals surface area contributed by atoms with Crippen molar-refractivity contribution in [2.24, 2.45) is 0 Å². The van der Waals surface area contributed by atoms with Crippen LogP contribution in [0, 0.1) is 10.1 Å². The van der Waals surface area contributed by atoms with E-state index >= 15 is 0 Å². The maximum atomic E-state index is 12.1. The second kappa shape index (κ2) is 6.84. The van der Waals surface area contributed by atoms with Crippen molar-refractivity contribution in [3.8, 4) is 0 Å². The molecule has 6 nitrogen and oxygen atoms in total. The molecule has 1 aromatic rings. The second-order valence-electron chi connectivity index (χ2n) is 4.06. The SMILES string of the molecule is CCc1ccc(C(=O)N(CC)CCO)cc1[N+](=O)[O-]. The van der Waals surface area contributed by atoms with Gasteiger partial charge in [-0.2, -0.15) is 0 Å². The minimum Gasteiger partial charge on any atom is -0.395 e. The van der Waals surface area contributed by atoms with E-state index in [0.717, 1.165) is 0 Å². The number of nitro benzene ring substituents is 1. The Hall–Kier alpha value is -1.95. The fourth-order valence-corrected chi connectivity index (χ4v) is 1.87. The topological polar surface area (TPSA) is 83.7 Å². The third-order valence-electron chi connectivity index (χ3n) is 2.95. The van der Waals surface area contributed by atoms with Crippen molar-refractivity contribution >= 4 is 11.6 Å². The molecule has 0 aliphatic rings. The Morgan fingerprint density at radius 1 is 1.42 bits per heavy atom. The van der Waals surface area contributed by atoms with E-state index in [2.05, 4.69) is 0 Å². The largest absolute Gasteiger partial charge is 0.395 e. The summed E-state index contributed by atoms with van der Waals surface area (Å²) in [6, 6.07) is 4.51. The van der Waals surface area contributed by atoms with E-state index in [-0.39, 0.29) is 30.3 Å². The smallest absolute Gasteiger partial charge is 0.273 e. The summed E-state index contributed by atoms with van der Waals surface area (Å²) >= 11 is 0. The molecule has 0 aromatic heterocycles. The zero-order valence-electron chi connectivity index (χ0n) is 11.1. The number of likely N-dealkylation sites (N-methyl/N-ethyl adjacent to an activating group) is 1. The van der Waals surface area contributed by atoms with Crippen molar-refractivity contribution in [1.29, 1.82) is 0 Å². The van der Waals surface area contributed by atoms with Crippen LogP contribution >= 0.6 is 0 Å². The van der Waals surface area contributed by atoms with Gasteiger partial charge in [0.05, 0.1) is 11.5 Å². The predicted molar refractivity (Wildman–Crippen MR) is 71.1 cm³/mol. The molecule has 0 spiro atoms. The third-order valence-corrected chi connectivity index (χ3v) is 2.95. The van der Waals surface area contributed by atoms with E-state index in [0.29, 0.717) is 18.5 Å². The first-order valence-corrected chi connectivity index (χ1v) is 6.22. The Morgan fingerprint density at radius 3 is 2.58 bits per heavy atom. The summed E-state index contributed by atoms with van der Waals surface area (Å²) in [5, 5.41) is 19.8. The Morgan fingerprint density at radius 2 is 2.11 bits per heavy atom. The zero-order valence-corrected chi connectivity index (χ0v) is 11.1. The number of aliphatic hydroxyl groups is 1. The number of aliphatic hydroxyl groups excluding tert-OH is 1. The maximum Gasteiger partial charge on any atom is 0.273 e. The van der Waals surface area contributed by atoms with Gasteiger partial charge < -0.3 is 10.0 Å². The highest BCUT2D eigenvalue weighted by Gasteiger charge is 2.19. The normalized spacial score (nSPS) is 10.3. The van der Waals surface area contributed by atoms with Crippen molar-refractivity contribution in [3.05, 3.63) is 39.4 Å². The number of benzene rings is 1. The van der Waals surface area contributed by atoms with Crippen LogP contribution in [0.1, 0.15) is 29.8 Å². The summed E-state index contributed by atoms with van der Waals surface area (Å²) in [7, 11) is 0. The van der Waals surface area contributed by atoms with Crippen molar-refractivity contribution in [1.82, 2.24) is 4.90 Å². The molecule has 104 valence electrons. The number of nitro groups is 1. The maximum absolute atomic E-state index is 12.1. The van der Waals surface area contributed by atoms with Crippen LogP contribution in [0.15, 0.2) is 18.2 Å². The molecular formula is C13H18N2O4. The van der Waals surface area contributed by atoms with E-state index in [4.69, 9.17) is 5.11 Å². The van der Waals surface area contributed by atoms with Gasteiger partial charge in [-0.25, -0.2) is 0 Å². The quantitative estimate of drug-likeness (QED) is 0.626. The van der Waals surface area contributed by atoms with E-state index in [1.165, 1.54) is 11.0 Å². The standard InChI is InChI=1S/C13H18N2O4/c1-3-10-5-6-11(9-12(10)15(18)19)13(17)14(4-2)7-8-16/h5-6,9,16H,3-4,7-8H2,1-2H3. The molecule has 0 bridgehead atoms. The third kappa shape index (κ3) is 3.51. The van der Waals surface area contributed by atoms with Crippen LogP contribution in [-0.2, 0) is 6.42 Å². The zero-order chi connectivity index (χ0) is 14.4. The summed E-state index contributed by atoms with van der Waals surface area (Å²) in [5.41, 5.74) is 0.847. The van der Waals surface area contributed by atoms with Gasteiger partial charge >= 0.3 is 0 Å². The highest BCUT2D eigenvalue weighted by Crippen LogP contribution is 2.21. The number of amides is 1. The van der Waals surface area contributed by atoms with Crippen LogP contribution in [0.4, 0.5) is 5.69 Å². The lowest BCUT2D eigenvalue weighted by Gasteiger charge is -2.19. The molecule has 0 fully saturated rings. The fourth-order valence-electron chi connectivity index (χ4n) is 1.87. The average molecular weight is 266 g/mol. The number of carbonyl (C=O) groups excluding carboxylic acids is 1. The number of nitrogens with zero attached hydrogens (tertiary/aromatic N) is 2. The Kier molecular flexibility index (Phi) is 5.44. The summed E-state index contributed by atoms with van der Waals surface area (Å²) < 4.78 is 0. The summed E-state index contributed by atoms with van der Waals surface area (Å²) in [6.07, 6.45) is 0.541. The van der Waals surface area contributed by atoms with Crippen LogP contribution in [0.25, 0.3) is 0 Å². The van der Waals surface area contributed by atoms with Gasteiger partial charge in [0.25, 0.3) is 11.6 Å². The molecule has 0 saturated carbocycles. The fraction of sp³-hybridized carbons (Fsp3) is 0.462. The second-order valence-corrected chi connectivity index (χ2v) is 4.06. The molecule has 19 heavy (non-hydrogen) atoms. The molecule has 0 atom stereocenters. The molecule has 1 amide bonds. The lowest BCUT2D eigenvalue weighted by molar-refractivity contribution is -0.385. The molecule has 6 heteroatoms. The molecule has 0 saturated heterocycles. The van der Waals surface area contributed by atoms with Crippen molar-refractivity contribution in [2.75, 3.05) is 19.7 Å². The van der Waals surface area contributed by atoms with Gasteiger partial charge in [0.1, 0.15) is 0 Å². The Bertz CT molecular complexity index is 474. The lowest BCUT2D eigenvalue weighted by Crippen LogP contribution is -2.33. The monoisotopic (exact) mass is 266 g/mol. The molecule has 1 aromatic carbocycles. The van der Waals surface area contributed by atoms with E-state index in [1.807, 2.05) is 6.92 Å². The van der Waals surface area contributed by atoms with Gasteiger partial charge in [-0.1, -0.05) is 13.0 Å². The molecule has 0 heterocycles. The van der Waals surface area contributed by atoms with Crippen LogP contribution in [-0.4, -0.2) is 40.5 Å².